The Morgan fingerprint density at radius 1 is 1.80 bits per heavy atom. The Labute approximate surface area is 63.8 Å². The first-order valence-electron chi connectivity index (χ1n) is 3.20. The Morgan fingerprint density at radius 3 is 3.10 bits per heavy atom. The van der Waals surface area contributed by atoms with Gasteiger partial charge in [-0.25, -0.2) is 0 Å². The van der Waals surface area contributed by atoms with Crippen LogP contribution in [0.2, 0.25) is 0 Å². The van der Waals surface area contributed by atoms with Gasteiger partial charge in [0.15, 0.2) is 0 Å². The number of hydrogen-bond acceptors (Lipinski definition) is 3. The number of rotatable bonds is 3. The van der Waals surface area contributed by atoms with Crippen molar-refractivity contribution in [2.45, 2.75) is 11.7 Å². The predicted molar refractivity (Wildman–Crippen MR) is 39.3 cm³/mol. The Bertz CT molecular complexity index is 120. The average Bonchev–Trinajstić information content (AvgIpc) is 2.34. The lowest BCUT2D eigenvalue weighted by molar-refractivity contribution is -0.133. The second-order valence-electron chi connectivity index (χ2n) is 2.19. The molecule has 0 aromatic rings. The van der Waals surface area contributed by atoms with E-state index in [1.807, 2.05) is 0 Å². The zero-order valence-corrected chi connectivity index (χ0v) is 6.39. The second-order valence-corrected chi connectivity index (χ2v) is 3.48. The molecule has 1 unspecified atom stereocenters. The van der Waals surface area contributed by atoms with E-state index in [4.69, 9.17) is 9.84 Å². The Hall–Kier alpha value is -0.220. The zero-order chi connectivity index (χ0) is 7.40. The van der Waals surface area contributed by atoms with Crippen LogP contribution in [-0.4, -0.2) is 35.3 Å². The van der Waals surface area contributed by atoms with Gasteiger partial charge in [-0.3, -0.25) is 4.79 Å². The third kappa shape index (κ3) is 2.58. The molecule has 10 heavy (non-hydrogen) atoms. The minimum Gasteiger partial charge on any atom is -0.481 e. The number of carboxylic acid groups (broad SMARTS) is 1. The molecule has 0 saturated carbocycles. The third-order valence-electron chi connectivity index (χ3n) is 1.33. The van der Waals surface area contributed by atoms with Crippen molar-refractivity contribution in [2.75, 3.05) is 19.0 Å². The summed E-state index contributed by atoms with van der Waals surface area (Å²) in [6.45, 7) is 1.51. The van der Waals surface area contributed by atoms with Crippen LogP contribution in [0.15, 0.2) is 0 Å². The van der Waals surface area contributed by atoms with E-state index in [0.717, 1.165) is 19.6 Å². The highest BCUT2D eigenvalue weighted by Crippen LogP contribution is 2.19. The van der Waals surface area contributed by atoms with Crippen molar-refractivity contribution >= 4 is 17.7 Å². The van der Waals surface area contributed by atoms with Gasteiger partial charge in [-0.15, -0.1) is 11.8 Å². The molecule has 1 rings (SSSR count). The van der Waals surface area contributed by atoms with Crippen LogP contribution in [0.3, 0.4) is 0 Å². The van der Waals surface area contributed by atoms with Gasteiger partial charge in [-0.05, 0) is 6.42 Å². The van der Waals surface area contributed by atoms with Crippen LogP contribution >= 0.6 is 11.8 Å². The molecule has 4 heteroatoms. The van der Waals surface area contributed by atoms with Gasteiger partial charge in [0, 0.05) is 11.9 Å². The van der Waals surface area contributed by atoms with Crippen LogP contribution in [0, 0.1) is 0 Å². The first-order valence-corrected chi connectivity index (χ1v) is 4.25. The minimum atomic E-state index is -0.739. The summed E-state index contributed by atoms with van der Waals surface area (Å²) in [6.07, 6.45) is 0.998. The molecule has 1 aliphatic rings. The molecule has 3 nitrogen and oxygen atoms in total. The highest BCUT2D eigenvalue weighted by atomic mass is 32.2. The number of ether oxygens (including phenoxy) is 1. The topological polar surface area (TPSA) is 46.5 Å². The maximum Gasteiger partial charge on any atom is 0.313 e. The molecule has 1 heterocycles. The fourth-order valence-corrected chi connectivity index (χ4v) is 1.67. The fraction of sp³-hybridized carbons (Fsp3) is 0.833. The predicted octanol–water partition coefficient (Wildman–Crippen LogP) is 0.593. The van der Waals surface area contributed by atoms with E-state index >= 15 is 0 Å². The van der Waals surface area contributed by atoms with Crippen LogP contribution in [0.4, 0.5) is 0 Å². The average molecular weight is 162 g/mol. The standard InChI is InChI=1S/C6H10O3S/c7-6(8)4-10-5-1-2-9-3-5/h5H,1-4H2,(H,7,8). The van der Waals surface area contributed by atoms with Gasteiger partial charge in [-0.1, -0.05) is 0 Å². The molecule has 0 aliphatic carbocycles. The SMILES string of the molecule is O=C(O)CSC1CCOC1. The third-order valence-corrected chi connectivity index (χ3v) is 2.59. The molecule has 1 saturated heterocycles. The number of carboxylic acids is 1. The number of hydrogen-bond donors (Lipinski definition) is 1. The zero-order valence-electron chi connectivity index (χ0n) is 5.58. The van der Waals surface area contributed by atoms with Crippen molar-refractivity contribution in [2.24, 2.45) is 0 Å². The van der Waals surface area contributed by atoms with Gasteiger partial charge in [0.2, 0.25) is 0 Å². The van der Waals surface area contributed by atoms with Crippen molar-refractivity contribution < 1.29 is 14.6 Å². The highest BCUT2D eigenvalue weighted by Gasteiger charge is 2.16. The Kier molecular flexibility index (Phi) is 3.02. The maximum absolute atomic E-state index is 10.1. The summed E-state index contributed by atoms with van der Waals surface area (Å²) in [7, 11) is 0. The van der Waals surface area contributed by atoms with Gasteiger partial charge in [0.05, 0.1) is 12.4 Å². The molecule has 58 valence electrons. The van der Waals surface area contributed by atoms with Crippen molar-refractivity contribution in [3.63, 3.8) is 0 Å². The van der Waals surface area contributed by atoms with E-state index in [-0.39, 0.29) is 5.75 Å². The van der Waals surface area contributed by atoms with Gasteiger partial charge in [-0.2, -0.15) is 0 Å². The molecule has 1 aliphatic heterocycles. The van der Waals surface area contributed by atoms with E-state index in [0.29, 0.717) is 5.25 Å². The van der Waals surface area contributed by atoms with Crippen molar-refractivity contribution in [3.05, 3.63) is 0 Å². The summed E-state index contributed by atoms with van der Waals surface area (Å²) in [6, 6.07) is 0. The highest BCUT2D eigenvalue weighted by molar-refractivity contribution is 8.00. The lowest BCUT2D eigenvalue weighted by atomic mass is 10.4. The minimum absolute atomic E-state index is 0.202. The Balaban J connectivity index is 2.07. The monoisotopic (exact) mass is 162 g/mol. The van der Waals surface area contributed by atoms with Crippen LogP contribution < -0.4 is 0 Å². The van der Waals surface area contributed by atoms with Crippen molar-refractivity contribution in [3.8, 4) is 0 Å². The molecule has 1 fully saturated rings. The normalized spacial score (nSPS) is 25.0. The smallest absolute Gasteiger partial charge is 0.313 e. The summed E-state index contributed by atoms with van der Waals surface area (Å²) < 4.78 is 5.08. The molecule has 0 amide bonds. The summed E-state index contributed by atoms with van der Waals surface area (Å²) in [5.74, 6) is -0.537. The fourth-order valence-electron chi connectivity index (χ4n) is 0.833. The molecule has 0 radical (unpaired) electrons. The molecule has 0 aromatic carbocycles. The van der Waals surface area contributed by atoms with E-state index in [2.05, 4.69) is 0 Å². The number of aliphatic carboxylic acids is 1. The number of carbonyl (C=O) groups is 1. The van der Waals surface area contributed by atoms with Crippen LogP contribution in [0.25, 0.3) is 0 Å². The van der Waals surface area contributed by atoms with E-state index in [9.17, 15) is 4.79 Å². The first-order chi connectivity index (χ1) is 4.79. The van der Waals surface area contributed by atoms with Crippen LogP contribution in [0.5, 0.6) is 0 Å². The molecule has 0 bridgehead atoms. The lowest BCUT2D eigenvalue weighted by Crippen LogP contribution is -2.07. The lowest BCUT2D eigenvalue weighted by Gasteiger charge is -2.02. The molecular weight excluding hydrogens is 152 g/mol. The van der Waals surface area contributed by atoms with Crippen molar-refractivity contribution in [1.82, 2.24) is 0 Å². The summed E-state index contributed by atoms with van der Waals surface area (Å²) in [5, 5.41) is 8.73. The van der Waals surface area contributed by atoms with E-state index in [1.54, 1.807) is 0 Å². The Morgan fingerprint density at radius 2 is 2.60 bits per heavy atom. The van der Waals surface area contributed by atoms with Gasteiger partial charge in [0.1, 0.15) is 0 Å². The summed E-state index contributed by atoms with van der Waals surface area (Å²) >= 11 is 1.47. The van der Waals surface area contributed by atoms with Crippen molar-refractivity contribution in [1.29, 1.82) is 0 Å². The van der Waals surface area contributed by atoms with Gasteiger partial charge >= 0.3 is 5.97 Å². The van der Waals surface area contributed by atoms with Gasteiger partial charge in [0.25, 0.3) is 0 Å². The molecule has 1 N–H and O–H groups in total. The summed E-state index contributed by atoms with van der Waals surface area (Å²) in [4.78, 5) is 10.1. The largest absolute Gasteiger partial charge is 0.481 e. The summed E-state index contributed by atoms with van der Waals surface area (Å²) in [5.41, 5.74) is 0. The number of thioether (sulfide) groups is 1. The molecule has 1 atom stereocenters. The van der Waals surface area contributed by atoms with Gasteiger partial charge < -0.3 is 9.84 Å². The van der Waals surface area contributed by atoms with E-state index < -0.39 is 5.97 Å². The first kappa shape index (κ1) is 7.88. The molecule has 0 aromatic heterocycles. The van der Waals surface area contributed by atoms with Crippen LogP contribution in [0.1, 0.15) is 6.42 Å². The molecule has 0 spiro atoms. The molecular formula is C6H10O3S. The maximum atomic E-state index is 10.1. The quantitative estimate of drug-likeness (QED) is 0.660. The van der Waals surface area contributed by atoms with Crippen LogP contribution in [-0.2, 0) is 9.53 Å². The van der Waals surface area contributed by atoms with E-state index in [1.165, 1.54) is 11.8 Å². The second kappa shape index (κ2) is 3.83.